The van der Waals surface area contributed by atoms with Gasteiger partial charge < -0.3 is 9.73 Å². The molecule has 1 amide bonds. The highest BCUT2D eigenvalue weighted by atomic mass is 19.1. The average molecular weight is 285 g/mol. The summed E-state index contributed by atoms with van der Waals surface area (Å²) in [6.45, 7) is 1.82. The van der Waals surface area contributed by atoms with Crippen LogP contribution in [0, 0.1) is 12.7 Å². The molecule has 5 nitrogen and oxygen atoms in total. The van der Waals surface area contributed by atoms with Crippen molar-refractivity contribution in [2.45, 2.75) is 6.92 Å². The Bertz CT molecular complexity index is 778. The lowest BCUT2D eigenvalue weighted by Gasteiger charge is -2.05. The first-order valence-electron chi connectivity index (χ1n) is 6.30. The number of aryl methyl sites for hydroxylation is 1. The molecule has 0 aliphatic carbocycles. The van der Waals surface area contributed by atoms with Gasteiger partial charge in [-0.1, -0.05) is 6.07 Å². The van der Waals surface area contributed by atoms with Crippen LogP contribution in [-0.2, 0) is 0 Å². The van der Waals surface area contributed by atoms with Crippen molar-refractivity contribution >= 4 is 11.6 Å². The van der Waals surface area contributed by atoms with Crippen LogP contribution < -0.4 is 5.32 Å². The number of carbonyl (C=O) groups is 1. The van der Waals surface area contributed by atoms with Gasteiger partial charge in [-0.15, -0.1) is 0 Å². The summed E-state index contributed by atoms with van der Waals surface area (Å²) in [5, 5.41) is 9.10. The molecule has 106 valence electrons. The Morgan fingerprint density at radius 3 is 2.95 bits per heavy atom. The van der Waals surface area contributed by atoms with Crippen molar-refractivity contribution in [3.05, 3.63) is 59.7 Å². The molecule has 21 heavy (non-hydrogen) atoms. The zero-order chi connectivity index (χ0) is 14.8. The number of benzene rings is 1. The SMILES string of the molecule is Cc1ccc(F)c(NC(=O)c2cc(-c3ccco3)[nH]n2)c1. The lowest BCUT2D eigenvalue weighted by molar-refractivity contribution is 0.102. The fourth-order valence-electron chi connectivity index (χ4n) is 1.92. The molecule has 0 bridgehead atoms. The normalized spacial score (nSPS) is 10.6. The van der Waals surface area contributed by atoms with E-state index >= 15 is 0 Å². The van der Waals surface area contributed by atoms with E-state index < -0.39 is 11.7 Å². The lowest BCUT2D eigenvalue weighted by Crippen LogP contribution is -2.13. The summed E-state index contributed by atoms with van der Waals surface area (Å²) >= 11 is 0. The van der Waals surface area contributed by atoms with E-state index in [0.717, 1.165) is 5.56 Å². The third-order valence-electron chi connectivity index (χ3n) is 2.97. The molecule has 0 saturated carbocycles. The number of furan rings is 1. The minimum atomic E-state index is -0.492. The van der Waals surface area contributed by atoms with Crippen molar-refractivity contribution in [2.75, 3.05) is 5.32 Å². The van der Waals surface area contributed by atoms with Crippen LogP contribution in [0.25, 0.3) is 11.5 Å². The molecule has 2 aromatic heterocycles. The van der Waals surface area contributed by atoms with Gasteiger partial charge >= 0.3 is 0 Å². The number of hydrogen-bond acceptors (Lipinski definition) is 3. The predicted molar refractivity (Wildman–Crippen MR) is 75.4 cm³/mol. The maximum absolute atomic E-state index is 13.6. The summed E-state index contributed by atoms with van der Waals surface area (Å²) < 4.78 is 18.8. The number of rotatable bonds is 3. The monoisotopic (exact) mass is 285 g/mol. The van der Waals surface area contributed by atoms with E-state index in [4.69, 9.17) is 4.42 Å². The number of hydrogen-bond donors (Lipinski definition) is 2. The second-order valence-electron chi connectivity index (χ2n) is 4.58. The van der Waals surface area contributed by atoms with Gasteiger partial charge in [-0.3, -0.25) is 9.89 Å². The average Bonchev–Trinajstić information content (AvgIpc) is 3.12. The number of aromatic amines is 1. The van der Waals surface area contributed by atoms with E-state index in [1.165, 1.54) is 12.3 Å². The number of amides is 1. The molecule has 0 unspecified atom stereocenters. The molecule has 1 aromatic carbocycles. The van der Waals surface area contributed by atoms with Crippen LogP contribution in [0.2, 0.25) is 0 Å². The topological polar surface area (TPSA) is 70.9 Å². The molecule has 0 aliphatic heterocycles. The van der Waals surface area contributed by atoms with Crippen molar-refractivity contribution in [1.82, 2.24) is 10.2 Å². The maximum atomic E-state index is 13.6. The van der Waals surface area contributed by atoms with Crippen molar-refractivity contribution < 1.29 is 13.6 Å². The summed E-state index contributed by atoms with van der Waals surface area (Å²) in [6, 6.07) is 9.53. The van der Waals surface area contributed by atoms with Gasteiger partial charge in [0, 0.05) is 6.07 Å². The molecule has 2 heterocycles. The highest BCUT2D eigenvalue weighted by Crippen LogP contribution is 2.20. The standard InChI is InChI=1S/C15H12FN3O2/c1-9-4-5-10(16)11(7-9)17-15(20)13-8-12(18-19-13)14-3-2-6-21-14/h2-8H,1H3,(H,17,20)(H,18,19). The Hall–Kier alpha value is -2.89. The second-order valence-corrected chi connectivity index (χ2v) is 4.58. The van der Waals surface area contributed by atoms with Crippen molar-refractivity contribution in [3.63, 3.8) is 0 Å². The second kappa shape index (κ2) is 5.24. The molecule has 0 spiro atoms. The molecule has 0 radical (unpaired) electrons. The molecule has 6 heteroatoms. The van der Waals surface area contributed by atoms with Crippen molar-refractivity contribution in [3.8, 4) is 11.5 Å². The first-order chi connectivity index (χ1) is 10.1. The van der Waals surface area contributed by atoms with Gasteiger partial charge in [-0.05, 0) is 36.8 Å². The number of nitrogens with one attached hydrogen (secondary N) is 2. The van der Waals surface area contributed by atoms with Crippen LogP contribution in [0.1, 0.15) is 16.1 Å². The Balaban J connectivity index is 1.81. The fourth-order valence-corrected chi connectivity index (χ4v) is 1.92. The highest BCUT2D eigenvalue weighted by Gasteiger charge is 2.14. The van der Waals surface area contributed by atoms with Crippen LogP contribution in [0.5, 0.6) is 0 Å². The predicted octanol–water partition coefficient (Wildman–Crippen LogP) is 3.37. The smallest absolute Gasteiger partial charge is 0.276 e. The van der Waals surface area contributed by atoms with Crippen molar-refractivity contribution in [1.29, 1.82) is 0 Å². The molecular formula is C15H12FN3O2. The van der Waals surface area contributed by atoms with E-state index in [1.54, 1.807) is 30.3 Å². The number of H-pyrrole nitrogens is 1. The number of halogens is 1. The Morgan fingerprint density at radius 1 is 1.33 bits per heavy atom. The van der Waals surface area contributed by atoms with Crippen LogP contribution in [-0.4, -0.2) is 16.1 Å². The van der Waals surface area contributed by atoms with Crippen LogP contribution >= 0.6 is 0 Å². The van der Waals surface area contributed by atoms with E-state index in [-0.39, 0.29) is 11.4 Å². The van der Waals surface area contributed by atoms with Crippen molar-refractivity contribution in [2.24, 2.45) is 0 Å². The molecule has 3 rings (SSSR count). The lowest BCUT2D eigenvalue weighted by atomic mass is 10.2. The summed E-state index contributed by atoms with van der Waals surface area (Å²) in [5.74, 6) is -0.410. The van der Waals surface area contributed by atoms with Crippen LogP contribution in [0.4, 0.5) is 10.1 Å². The first kappa shape index (κ1) is 13.1. The van der Waals surface area contributed by atoms with Gasteiger partial charge in [0.1, 0.15) is 11.5 Å². The third kappa shape index (κ3) is 2.69. The summed E-state index contributed by atoms with van der Waals surface area (Å²) in [4.78, 5) is 12.1. The van der Waals surface area contributed by atoms with E-state index in [1.807, 2.05) is 6.92 Å². The molecular weight excluding hydrogens is 273 g/mol. The summed E-state index contributed by atoms with van der Waals surface area (Å²) in [5.41, 5.74) is 1.71. The molecule has 2 N–H and O–H groups in total. The van der Waals surface area contributed by atoms with Gasteiger partial charge in [0.15, 0.2) is 11.5 Å². The quantitative estimate of drug-likeness (QED) is 0.775. The van der Waals surface area contributed by atoms with Gasteiger partial charge in [-0.25, -0.2) is 4.39 Å². The van der Waals surface area contributed by atoms with E-state index in [9.17, 15) is 9.18 Å². The number of anilines is 1. The third-order valence-corrected chi connectivity index (χ3v) is 2.97. The zero-order valence-electron chi connectivity index (χ0n) is 11.2. The minimum absolute atomic E-state index is 0.127. The minimum Gasteiger partial charge on any atom is -0.463 e. The fraction of sp³-hybridized carbons (Fsp3) is 0.0667. The molecule has 0 fully saturated rings. The number of nitrogens with zero attached hydrogens (tertiary/aromatic N) is 1. The maximum Gasteiger partial charge on any atom is 0.276 e. The molecule has 0 atom stereocenters. The van der Waals surface area contributed by atoms with Gasteiger partial charge in [0.05, 0.1) is 12.0 Å². The van der Waals surface area contributed by atoms with Gasteiger partial charge in [0.25, 0.3) is 5.91 Å². The Morgan fingerprint density at radius 2 is 2.19 bits per heavy atom. The van der Waals surface area contributed by atoms with E-state index in [0.29, 0.717) is 11.5 Å². The molecule has 0 aliphatic rings. The zero-order valence-corrected chi connectivity index (χ0v) is 11.2. The largest absolute Gasteiger partial charge is 0.463 e. The molecule has 0 saturated heterocycles. The number of aromatic nitrogens is 2. The first-order valence-corrected chi connectivity index (χ1v) is 6.30. The highest BCUT2D eigenvalue weighted by molar-refractivity contribution is 6.03. The van der Waals surface area contributed by atoms with Crippen LogP contribution in [0.15, 0.2) is 47.1 Å². The number of carbonyl (C=O) groups excluding carboxylic acids is 1. The summed E-state index contributed by atoms with van der Waals surface area (Å²) in [7, 11) is 0. The van der Waals surface area contributed by atoms with E-state index in [2.05, 4.69) is 15.5 Å². The van der Waals surface area contributed by atoms with Crippen LogP contribution in [0.3, 0.4) is 0 Å². The summed E-state index contributed by atoms with van der Waals surface area (Å²) in [6.07, 6.45) is 1.53. The van der Waals surface area contributed by atoms with Gasteiger partial charge in [0.2, 0.25) is 0 Å². The Kier molecular flexibility index (Phi) is 3.27. The molecule has 3 aromatic rings. The van der Waals surface area contributed by atoms with Gasteiger partial charge in [-0.2, -0.15) is 5.10 Å². The Labute approximate surface area is 119 Å².